The molecule has 6 heteroatoms. The molecule has 1 fully saturated rings. The topological polar surface area (TPSA) is 67.4 Å². The van der Waals surface area contributed by atoms with Crippen LogP contribution in [0.15, 0.2) is 79.3 Å². The number of aromatic nitrogens is 2. The molecule has 0 saturated carbocycles. The van der Waals surface area contributed by atoms with Crippen LogP contribution in [0.5, 0.6) is 5.88 Å². The summed E-state index contributed by atoms with van der Waals surface area (Å²) >= 11 is 0. The summed E-state index contributed by atoms with van der Waals surface area (Å²) in [6, 6.07) is 21.5. The Balaban J connectivity index is 1.46. The van der Waals surface area contributed by atoms with Gasteiger partial charge in [0.15, 0.2) is 0 Å². The van der Waals surface area contributed by atoms with Gasteiger partial charge in [-0.1, -0.05) is 60.7 Å². The van der Waals surface area contributed by atoms with E-state index in [0.717, 1.165) is 24.0 Å². The SMILES string of the molecule is O=C(NC(c1ccccc1)c1ccccc1)N1CCC[C@@H](Oc2ccncn2)C1. The van der Waals surface area contributed by atoms with Crippen LogP contribution >= 0.6 is 0 Å². The largest absolute Gasteiger partial charge is 0.472 e. The first kappa shape index (κ1) is 18.9. The van der Waals surface area contributed by atoms with Crippen LogP contribution in [-0.4, -0.2) is 40.1 Å². The molecule has 29 heavy (non-hydrogen) atoms. The van der Waals surface area contributed by atoms with Gasteiger partial charge in [-0.3, -0.25) is 0 Å². The normalized spacial score (nSPS) is 16.4. The van der Waals surface area contributed by atoms with Gasteiger partial charge < -0.3 is 15.0 Å². The number of urea groups is 1. The van der Waals surface area contributed by atoms with Crippen LogP contribution in [0.2, 0.25) is 0 Å². The molecular weight excluding hydrogens is 364 g/mol. The van der Waals surface area contributed by atoms with E-state index in [1.54, 1.807) is 12.3 Å². The van der Waals surface area contributed by atoms with Crippen LogP contribution in [0.1, 0.15) is 30.0 Å². The van der Waals surface area contributed by atoms with Gasteiger partial charge in [-0.25, -0.2) is 14.8 Å². The zero-order valence-electron chi connectivity index (χ0n) is 16.1. The summed E-state index contributed by atoms with van der Waals surface area (Å²) in [5.41, 5.74) is 2.11. The molecule has 1 aliphatic heterocycles. The fourth-order valence-corrected chi connectivity index (χ4v) is 3.60. The lowest BCUT2D eigenvalue weighted by Gasteiger charge is -2.34. The summed E-state index contributed by atoms with van der Waals surface area (Å²) in [5.74, 6) is 0.540. The molecule has 148 valence electrons. The summed E-state index contributed by atoms with van der Waals surface area (Å²) in [6.45, 7) is 1.25. The molecule has 0 spiro atoms. The minimum atomic E-state index is -0.201. The Kier molecular flexibility index (Phi) is 6.00. The van der Waals surface area contributed by atoms with Gasteiger partial charge in [0.1, 0.15) is 12.4 Å². The molecular formula is C23H24N4O2. The highest BCUT2D eigenvalue weighted by molar-refractivity contribution is 5.75. The third-order valence-corrected chi connectivity index (χ3v) is 5.04. The first-order chi connectivity index (χ1) is 14.3. The average molecular weight is 388 g/mol. The quantitative estimate of drug-likeness (QED) is 0.722. The van der Waals surface area contributed by atoms with E-state index in [2.05, 4.69) is 15.3 Å². The monoisotopic (exact) mass is 388 g/mol. The molecule has 0 unspecified atom stereocenters. The number of ether oxygens (including phenoxy) is 1. The molecule has 2 amide bonds. The fraction of sp³-hybridized carbons (Fsp3) is 0.261. The predicted octanol–water partition coefficient (Wildman–Crippen LogP) is 3.82. The summed E-state index contributed by atoms with van der Waals surface area (Å²) in [5, 5.41) is 3.21. The number of nitrogens with one attached hydrogen (secondary N) is 1. The minimum Gasteiger partial charge on any atom is -0.472 e. The van der Waals surface area contributed by atoms with Crippen LogP contribution in [-0.2, 0) is 0 Å². The number of rotatable bonds is 5. The van der Waals surface area contributed by atoms with Gasteiger partial charge >= 0.3 is 6.03 Å². The highest BCUT2D eigenvalue weighted by Crippen LogP contribution is 2.23. The Bertz CT molecular complexity index is 866. The zero-order valence-corrected chi connectivity index (χ0v) is 16.1. The summed E-state index contributed by atoms with van der Waals surface area (Å²) in [4.78, 5) is 22.9. The van der Waals surface area contributed by atoms with Crippen molar-refractivity contribution in [3.8, 4) is 5.88 Å². The van der Waals surface area contributed by atoms with E-state index in [9.17, 15) is 4.79 Å². The molecule has 1 atom stereocenters. The van der Waals surface area contributed by atoms with Crippen molar-refractivity contribution in [1.29, 1.82) is 0 Å². The number of carbonyl (C=O) groups is 1. The average Bonchev–Trinajstić information content (AvgIpc) is 2.79. The number of hydrogen-bond donors (Lipinski definition) is 1. The van der Waals surface area contributed by atoms with Crippen molar-refractivity contribution in [3.63, 3.8) is 0 Å². The molecule has 1 saturated heterocycles. The molecule has 1 aromatic heterocycles. The second kappa shape index (κ2) is 9.19. The molecule has 2 heterocycles. The van der Waals surface area contributed by atoms with Gasteiger partial charge in [0.05, 0.1) is 12.6 Å². The molecule has 0 bridgehead atoms. The maximum atomic E-state index is 13.1. The first-order valence-corrected chi connectivity index (χ1v) is 9.87. The van der Waals surface area contributed by atoms with E-state index in [-0.39, 0.29) is 18.2 Å². The van der Waals surface area contributed by atoms with Crippen LogP contribution in [0, 0.1) is 0 Å². The number of benzene rings is 2. The summed E-state index contributed by atoms with van der Waals surface area (Å²) in [6.07, 6.45) is 4.84. The van der Waals surface area contributed by atoms with E-state index < -0.39 is 0 Å². The molecule has 1 N–H and O–H groups in total. The van der Waals surface area contributed by atoms with Gasteiger partial charge in [-0.05, 0) is 24.0 Å². The Morgan fingerprint density at radius 2 is 1.72 bits per heavy atom. The third-order valence-electron chi connectivity index (χ3n) is 5.04. The Morgan fingerprint density at radius 3 is 2.34 bits per heavy atom. The molecule has 3 aromatic rings. The van der Waals surface area contributed by atoms with E-state index in [0.29, 0.717) is 19.0 Å². The van der Waals surface area contributed by atoms with E-state index >= 15 is 0 Å². The lowest BCUT2D eigenvalue weighted by molar-refractivity contribution is 0.0970. The first-order valence-electron chi connectivity index (χ1n) is 9.87. The van der Waals surface area contributed by atoms with Gasteiger partial charge in [-0.15, -0.1) is 0 Å². The Morgan fingerprint density at radius 1 is 1.03 bits per heavy atom. The number of nitrogens with zero attached hydrogens (tertiary/aromatic N) is 3. The van der Waals surface area contributed by atoms with Crippen LogP contribution in [0.25, 0.3) is 0 Å². The van der Waals surface area contributed by atoms with Crippen LogP contribution in [0.3, 0.4) is 0 Å². The molecule has 6 nitrogen and oxygen atoms in total. The van der Waals surface area contributed by atoms with Gasteiger partial charge in [0.2, 0.25) is 5.88 Å². The Hall–Kier alpha value is -3.41. The van der Waals surface area contributed by atoms with Crippen molar-refractivity contribution in [2.75, 3.05) is 13.1 Å². The number of hydrogen-bond acceptors (Lipinski definition) is 4. The standard InChI is InChI=1S/C23H24N4O2/c28-23(27-15-7-12-20(16-27)29-21-13-14-24-17-25-21)26-22(18-8-3-1-4-9-18)19-10-5-2-6-11-19/h1-6,8-11,13-14,17,20,22H,7,12,15-16H2,(H,26,28)/t20-/m1/s1. The van der Waals surface area contributed by atoms with Crippen molar-refractivity contribution in [3.05, 3.63) is 90.4 Å². The minimum absolute atomic E-state index is 0.0729. The second-order valence-electron chi connectivity index (χ2n) is 7.08. The predicted molar refractivity (Wildman–Crippen MR) is 111 cm³/mol. The van der Waals surface area contributed by atoms with Crippen LogP contribution in [0.4, 0.5) is 4.79 Å². The third kappa shape index (κ3) is 4.90. The van der Waals surface area contributed by atoms with Crippen LogP contribution < -0.4 is 10.1 Å². The van der Waals surface area contributed by atoms with E-state index in [1.807, 2.05) is 65.6 Å². The second-order valence-corrected chi connectivity index (χ2v) is 7.08. The highest BCUT2D eigenvalue weighted by Gasteiger charge is 2.27. The Labute approximate surface area is 170 Å². The van der Waals surface area contributed by atoms with Crippen molar-refractivity contribution < 1.29 is 9.53 Å². The van der Waals surface area contributed by atoms with Crippen molar-refractivity contribution in [2.24, 2.45) is 0 Å². The molecule has 0 aliphatic carbocycles. The number of likely N-dealkylation sites (tertiary alicyclic amines) is 1. The van der Waals surface area contributed by atoms with Gasteiger partial charge in [-0.2, -0.15) is 0 Å². The number of amides is 2. The zero-order chi connectivity index (χ0) is 19.9. The highest BCUT2D eigenvalue weighted by atomic mass is 16.5. The summed E-state index contributed by atoms with van der Waals surface area (Å²) < 4.78 is 5.94. The molecule has 0 radical (unpaired) electrons. The number of piperidine rings is 1. The van der Waals surface area contributed by atoms with Gasteiger partial charge in [0.25, 0.3) is 0 Å². The fourth-order valence-electron chi connectivity index (χ4n) is 3.60. The molecule has 4 rings (SSSR count). The van der Waals surface area contributed by atoms with E-state index in [1.165, 1.54) is 6.33 Å². The number of carbonyl (C=O) groups excluding carboxylic acids is 1. The maximum Gasteiger partial charge on any atom is 0.318 e. The van der Waals surface area contributed by atoms with Crippen molar-refractivity contribution in [1.82, 2.24) is 20.2 Å². The lowest BCUT2D eigenvalue weighted by Crippen LogP contribution is -2.49. The lowest BCUT2D eigenvalue weighted by atomic mass is 9.99. The smallest absolute Gasteiger partial charge is 0.318 e. The van der Waals surface area contributed by atoms with Crippen molar-refractivity contribution >= 4 is 6.03 Å². The van der Waals surface area contributed by atoms with E-state index in [4.69, 9.17) is 4.74 Å². The molecule has 2 aromatic carbocycles. The molecule has 1 aliphatic rings. The van der Waals surface area contributed by atoms with Crippen molar-refractivity contribution in [2.45, 2.75) is 25.0 Å². The summed E-state index contributed by atoms with van der Waals surface area (Å²) in [7, 11) is 0. The van der Waals surface area contributed by atoms with Gasteiger partial charge in [0, 0.05) is 18.8 Å². The maximum absolute atomic E-state index is 13.1.